The van der Waals surface area contributed by atoms with Gasteiger partial charge in [-0.15, -0.1) is 0 Å². The molecule has 1 aromatic heterocycles. The molecule has 0 fully saturated rings. The van der Waals surface area contributed by atoms with Gasteiger partial charge in [0.2, 0.25) is 0 Å². The summed E-state index contributed by atoms with van der Waals surface area (Å²) in [6.45, 7) is 3.47. The number of aromatic nitrogens is 1. The Labute approximate surface area is 105 Å². The van der Waals surface area contributed by atoms with Crippen molar-refractivity contribution < 1.29 is 9.90 Å². The molecule has 0 bridgehead atoms. The number of pyridine rings is 1. The first-order chi connectivity index (χ1) is 7.91. The summed E-state index contributed by atoms with van der Waals surface area (Å²) in [6.07, 6.45) is 1.98. The molecule has 1 rings (SSSR count). The van der Waals surface area contributed by atoms with Crippen molar-refractivity contribution in [1.29, 1.82) is 0 Å². The summed E-state index contributed by atoms with van der Waals surface area (Å²) in [5.41, 5.74) is 5.44. The van der Waals surface area contributed by atoms with Gasteiger partial charge >= 0.3 is 0 Å². The quantitative estimate of drug-likeness (QED) is 0.708. The maximum Gasteiger partial charge on any atom is 0.254 e. The number of hydrogen-bond donors (Lipinski definition) is 3. The monoisotopic (exact) mass is 257 g/mol. The van der Waals surface area contributed by atoms with Crippen LogP contribution < -0.4 is 11.1 Å². The minimum absolute atomic E-state index is 0.0908. The molecule has 1 amide bonds. The van der Waals surface area contributed by atoms with E-state index in [0.29, 0.717) is 12.1 Å². The van der Waals surface area contributed by atoms with Crippen LogP contribution in [0.15, 0.2) is 12.3 Å². The topological polar surface area (TPSA) is 88.2 Å². The van der Waals surface area contributed by atoms with Crippen molar-refractivity contribution in [2.45, 2.75) is 25.8 Å². The number of carbonyl (C=O) groups excluding carboxylic acids is 1. The smallest absolute Gasteiger partial charge is 0.254 e. The lowest BCUT2D eigenvalue weighted by Crippen LogP contribution is -2.48. The highest BCUT2D eigenvalue weighted by Gasteiger charge is 2.25. The number of carbonyl (C=O) groups is 1. The van der Waals surface area contributed by atoms with Crippen molar-refractivity contribution in [3.8, 4) is 0 Å². The normalized spacial score (nSPS) is 14.1. The van der Waals surface area contributed by atoms with Crippen molar-refractivity contribution >= 4 is 23.2 Å². The molecule has 0 saturated carbocycles. The maximum absolute atomic E-state index is 11.9. The Morgan fingerprint density at radius 1 is 1.71 bits per heavy atom. The first-order valence-electron chi connectivity index (χ1n) is 5.26. The van der Waals surface area contributed by atoms with E-state index >= 15 is 0 Å². The molecule has 5 nitrogen and oxygen atoms in total. The number of anilines is 1. The van der Waals surface area contributed by atoms with Crippen LogP contribution in [0.5, 0.6) is 0 Å². The van der Waals surface area contributed by atoms with E-state index in [1.165, 1.54) is 12.3 Å². The molecule has 94 valence electrons. The molecule has 0 aliphatic rings. The summed E-state index contributed by atoms with van der Waals surface area (Å²) < 4.78 is 0. The van der Waals surface area contributed by atoms with Gasteiger partial charge in [0.15, 0.2) is 0 Å². The third kappa shape index (κ3) is 3.31. The number of aliphatic hydroxyl groups excluding tert-OH is 1. The van der Waals surface area contributed by atoms with E-state index < -0.39 is 11.4 Å². The second-order valence-electron chi connectivity index (χ2n) is 4.13. The molecule has 17 heavy (non-hydrogen) atoms. The zero-order valence-electron chi connectivity index (χ0n) is 9.83. The van der Waals surface area contributed by atoms with Crippen LogP contribution in [0.4, 0.5) is 5.69 Å². The van der Waals surface area contributed by atoms with Crippen LogP contribution in [0.2, 0.25) is 5.15 Å². The summed E-state index contributed by atoms with van der Waals surface area (Å²) in [7, 11) is 0. The van der Waals surface area contributed by atoms with Gasteiger partial charge in [0, 0.05) is 0 Å². The summed E-state index contributed by atoms with van der Waals surface area (Å²) in [6, 6.07) is 1.46. The third-order valence-corrected chi connectivity index (χ3v) is 2.95. The molecule has 1 aromatic rings. The Kier molecular flexibility index (Phi) is 4.31. The number of nitrogens with zero attached hydrogens (tertiary/aromatic N) is 1. The van der Waals surface area contributed by atoms with Crippen molar-refractivity contribution in [1.82, 2.24) is 10.3 Å². The molecule has 1 unspecified atom stereocenters. The van der Waals surface area contributed by atoms with E-state index in [4.69, 9.17) is 17.3 Å². The van der Waals surface area contributed by atoms with Crippen LogP contribution in [-0.2, 0) is 0 Å². The minimum atomic E-state index is -0.676. The number of amides is 1. The van der Waals surface area contributed by atoms with Crippen LogP contribution in [0.1, 0.15) is 30.6 Å². The zero-order chi connectivity index (χ0) is 13.1. The molecule has 0 spiro atoms. The molecular weight excluding hydrogens is 242 g/mol. The van der Waals surface area contributed by atoms with Gasteiger partial charge in [0.05, 0.1) is 29.6 Å². The summed E-state index contributed by atoms with van der Waals surface area (Å²) in [5, 5.41) is 12.0. The van der Waals surface area contributed by atoms with E-state index in [2.05, 4.69) is 10.3 Å². The highest BCUT2D eigenvalue weighted by Crippen LogP contribution is 2.17. The summed E-state index contributed by atoms with van der Waals surface area (Å²) in [4.78, 5) is 15.7. The van der Waals surface area contributed by atoms with Gasteiger partial charge in [-0.3, -0.25) is 4.79 Å². The Bertz CT molecular complexity index is 419. The van der Waals surface area contributed by atoms with Crippen molar-refractivity contribution in [2.75, 3.05) is 12.3 Å². The number of halogens is 1. The lowest BCUT2D eigenvalue weighted by Gasteiger charge is -2.27. The van der Waals surface area contributed by atoms with E-state index in [9.17, 15) is 9.90 Å². The lowest BCUT2D eigenvalue weighted by molar-refractivity contribution is 0.0847. The fraction of sp³-hybridized carbons (Fsp3) is 0.455. The van der Waals surface area contributed by atoms with Gasteiger partial charge in [-0.2, -0.15) is 0 Å². The van der Waals surface area contributed by atoms with Gasteiger partial charge in [0.1, 0.15) is 5.15 Å². The highest BCUT2D eigenvalue weighted by atomic mass is 35.5. The third-order valence-electron chi connectivity index (χ3n) is 2.65. The molecular formula is C11H16ClN3O2. The van der Waals surface area contributed by atoms with Crippen LogP contribution >= 0.6 is 11.6 Å². The summed E-state index contributed by atoms with van der Waals surface area (Å²) >= 11 is 5.82. The Morgan fingerprint density at radius 3 is 2.88 bits per heavy atom. The van der Waals surface area contributed by atoms with Crippen LogP contribution in [0.25, 0.3) is 0 Å². The van der Waals surface area contributed by atoms with E-state index in [1.54, 1.807) is 6.92 Å². The largest absolute Gasteiger partial charge is 0.397 e. The van der Waals surface area contributed by atoms with Crippen LogP contribution in [-0.4, -0.2) is 28.1 Å². The molecule has 1 heterocycles. The fourth-order valence-corrected chi connectivity index (χ4v) is 1.39. The van der Waals surface area contributed by atoms with Gasteiger partial charge in [-0.25, -0.2) is 4.98 Å². The predicted molar refractivity (Wildman–Crippen MR) is 66.9 cm³/mol. The maximum atomic E-state index is 11.9. The average Bonchev–Trinajstić information content (AvgIpc) is 2.32. The first-order valence-corrected chi connectivity index (χ1v) is 5.64. The minimum Gasteiger partial charge on any atom is -0.397 e. The first kappa shape index (κ1) is 13.7. The molecule has 0 radical (unpaired) electrons. The number of nitrogens with two attached hydrogens (primary N) is 1. The van der Waals surface area contributed by atoms with Gasteiger partial charge < -0.3 is 16.2 Å². The fourth-order valence-electron chi connectivity index (χ4n) is 1.20. The average molecular weight is 258 g/mol. The zero-order valence-corrected chi connectivity index (χ0v) is 10.6. The Hall–Kier alpha value is -1.33. The van der Waals surface area contributed by atoms with Crippen molar-refractivity contribution in [2.24, 2.45) is 0 Å². The molecule has 4 N–H and O–H groups in total. The molecule has 0 aromatic carbocycles. The van der Waals surface area contributed by atoms with Gasteiger partial charge in [0.25, 0.3) is 5.91 Å². The van der Waals surface area contributed by atoms with Gasteiger partial charge in [-0.05, 0) is 19.4 Å². The van der Waals surface area contributed by atoms with E-state index in [1.807, 2.05) is 6.92 Å². The summed E-state index contributed by atoms with van der Waals surface area (Å²) in [5.74, 6) is -0.395. The van der Waals surface area contributed by atoms with Crippen molar-refractivity contribution in [3.63, 3.8) is 0 Å². The lowest BCUT2D eigenvalue weighted by atomic mass is 10.00. The Balaban J connectivity index is 2.94. The van der Waals surface area contributed by atoms with Crippen LogP contribution in [0, 0.1) is 0 Å². The number of nitrogens with one attached hydrogen (secondary N) is 1. The molecule has 0 aliphatic carbocycles. The predicted octanol–water partition coefficient (Wildman–Crippen LogP) is 1.21. The second kappa shape index (κ2) is 5.33. The van der Waals surface area contributed by atoms with E-state index in [-0.39, 0.29) is 17.3 Å². The van der Waals surface area contributed by atoms with Crippen molar-refractivity contribution in [3.05, 3.63) is 23.0 Å². The number of nitrogen functional groups attached to an aromatic ring is 1. The number of aliphatic hydroxyl groups is 1. The second-order valence-corrected chi connectivity index (χ2v) is 4.49. The van der Waals surface area contributed by atoms with Gasteiger partial charge in [-0.1, -0.05) is 18.5 Å². The standard InChI is InChI=1S/C11H16ClN3O2/c1-3-11(2,6-16)15-10(17)8-4-7(13)5-14-9(8)12/h4-5,16H,3,6,13H2,1-2H3,(H,15,17). The molecule has 1 atom stereocenters. The molecule has 6 heteroatoms. The molecule has 0 aliphatic heterocycles. The van der Waals surface area contributed by atoms with E-state index in [0.717, 1.165) is 0 Å². The number of rotatable bonds is 4. The Morgan fingerprint density at radius 2 is 2.35 bits per heavy atom. The number of hydrogen-bond acceptors (Lipinski definition) is 4. The van der Waals surface area contributed by atoms with Crippen LogP contribution in [0.3, 0.4) is 0 Å². The highest BCUT2D eigenvalue weighted by molar-refractivity contribution is 6.32. The SMILES string of the molecule is CCC(C)(CO)NC(=O)c1cc(N)cnc1Cl. The molecule has 0 saturated heterocycles.